The highest BCUT2D eigenvalue weighted by molar-refractivity contribution is 6.05. The lowest BCUT2D eigenvalue weighted by atomic mass is 9.81. The molecule has 2 heteroatoms. The van der Waals surface area contributed by atoms with Crippen LogP contribution in [0.25, 0.3) is 0 Å². The third-order valence-corrected chi connectivity index (χ3v) is 2.78. The van der Waals surface area contributed by atoms with Crippen LogP contribution in [0.2, 0.25) is 0 Å². The predicted octanol–water partition coefficient (Wildman–Crippen LogP) is 2.41. The number of hydrogen-bond donors (Lipinski definition) is 0. The summed E-state index contributed by atoms with van der Waals surface area (Å²) in [6.07, 6.45) is 0.327. The van der Waals surface area contributed by atoms with E-state index in [1.807, 2.05) is 30.3 Å². The molecular formula is C13H16O2. The Bertz CT molecular complexity index is 363. The normalized spacial score (nSPS) is 11.1. The molecule has 0 N–H and O–H groups in total. The first-order valence-electron chi connectivity index (χ1n) is 5.03. The Hall–Kier alpha value is -1.44. The molecule has 0 aliphatic rings. The molecule has 0 saturated carbocycles. The van der Waals surface area contributed by atoms with Gasteiger partial charge in [-0.2, -0.15) is 0 Å². The van der Waals surface area contributed by atoms with E-state index in [4.69, 9.17) is 0 Å². The van der Waals surface area contributed by atoms with Crippen molar-refractivity contribution in [1.29, 1.82) is 0 Å². The van der Waals surface area contributed by atoms with E-state index in [9.17, 15) is 9.59 Å². The Labute approximate surface area is 90.3 Å². The van der Waals surface area contributed by atoms with Gasteiger partial charge in [0, 0.05) is 6.42 Å². The smallest absolute Gasteiger partial charge is 0.150 e. The number of carbonyl (C=O) groups is 2. The molecule has 0 heterocycles. The lowest BCUT2D eigenvalue weighted by Gasteiger charge is -2.19. The topological polar surface area (TPSA) is 34.1 Å². The van der Waals surface area contributed by atoms with Gasteiger partial charge < -0.3 is 0 Å². The maximum atomic E-state index is 11.9. The molecular weight excluding hydrogens is 188 g/mol. The van der Waals surface area contributed by atoms with Crippen molar-refractivity contribution in [3.63, 3.8) is 0 Å². The van der Waals surface area contributed by atoms with E-state index in [1.54, 1.807) is 13.8 Å². The fourth-order valence-electron chi connectivity index (χ4n) is 1.20. The molecule has 1 aromatic carbocycles. The van der Waals surface area contributed by atoms with Crippen LogP contribution < -0.4 is 0 Å². The fraction of sp³-hybridized carbons (Fsp3) is 0.385. The molecule has 2 nitrogen and oxygen atoms in total. The summed E-state index contributed by atoms with van der Waals surface area (Å²) in [5, 5.41) is 0. The van der Waals surface area contributed by atoms with Gasteiger partial charge in [-0.1, -0.05) is 30.3 Å². The second kappa shape index (κ2) is 4.39. The molecule has 0 aromatic heterocycles. The van der Waals surface area contributed by atoms with E-state index in [0.29, 0.717) is 6.42 Å². The second-order valence-corrected chi connectivity index (χ2v) is 4.27. The molecule has 0 radical (unpaired) electrons. The quantitative estimate of drug-likeness (QED) is 0.706. The first-order chi connectivity index (χ1) is 6.94. The summed E-state index contributed by atoms with van der Waals surface area (Å²) >= 11 is 0. The highest BCUT2D eigenvalue weighted by Crippen LogP contribution is 2.20. The van der Waals surface area contributed by atoms with Crippen LogP contribution in [0.4, 0.5) is 0 Å². The monoisotopic (exact) mass is 204 g/mol. The van der Waals surface area contributed by atoms with Crippen molar-refractivity contribution in [1.82, 2.24) is 0 Å². The van der Waals surface area contributed by atoms with Crippen LogP contribution >= 0.6 is 0 Å². The van der Waals surface area contributed by atoms with Crippen molar-refractivity contribution in [3.8, 4) is 0 Å². The zero-order chi connectivity index (χ0) is 11.5. The molecule has 0 atom stereocenters. The minimum Gasteiger partial charge on any atom is -0.299 e. The lowest BCUT2D eigenvalue weighted by molar-refractivity contribution is -0.137. The highest BCUT2D eigenvalue weighted by Gasteiger charge is 2.31. The van der Waals surface area contributed by atoms with Gasteiger partial charge in [-0.05, 0) is 26.3 Å². The second-order valence-electron chi connectivity index (χ2n) is 4.27. The molecule has 0 aliphatic carbocycles. The van der Waals surface area contributed by atoms with Gasteiger partial charge in [0.25, 0.3) is 0 Å². The van der Waals surface area contributed by atoms with Crippen LogP contribution in [0.1, 0.15) is 26.3 Å². The Morgan fingerprint density at radius 1 is 1.13 bits per heavy atom. The number of benzene rings is 1. The number of Topliss-reactive ketones (excluding diaryl/α,β-unsaturated/α-hetero) is 2. The maximum Gasteiger partial charge on any atom is 0.150 e. The molecule has 0 spiro atoms. The maximum absolute atomic E-state index is 11.9. The summed E-state index contributed by atoms with van der Waals surface area (Å²) < 4.78 is 0. The van der Waals surface area contributed by atoms with Crippen LogP contribution in [0.3, 0.4) is 0 Å². The summed E-state index contributed by atoms with van der Waals surface area (Å²) in [6.45, 7) is 4.82. The van der Waals surface area contributed by atoms with E-state index in [1.165, 1.54) is 6.92 Å². The number of hydrogen-bond acceptors (Lipinski definition) is 2. The average molecular weight is 204 g/mol. The molecule has 1 aromatic rings. The summed E-state index contributed by atoms with van der Waals surface area (Å²) in [5.74, 6) is -0.107. The predicted molar refractivity (Wildman–Crippen MR) is 59.6 cm³/mol. The first kappa shape index (κ1) is 11.6. The molecule has 15 heavy (non-hydrogen) atoms. The standard InChI is InChI=1S/C13H16O2/c1-10(14)13(2,3)12(15)9-11-7-5-4-6-8-11/h4-8H,9H2,1-3H3. The molecule has 0 fully saturated rings. The molecule has 80 valence electrons. The van der Waals surface area contributed by atoms with Crippen LogP contribution in [0.5, 0.6) is 0 Å². The van der Waals surface area contributed by atoms with Crippen LogP contribution in [-0.4, -0.2) is 11.6 Å². The molecule has 0 bridgehead atoms. The Kier molecular flexibility index (Phi) is 3.40. The zero-order valence-electron chi connectivity index (χ0n) is 9.41. The third kappa shape index (κ3) is 2.75. The third-order valence-electron chi connectivity index (χ3n) is 2.78. The SMILES string of the molecule is CC(=O)C(C)(C)C(=O)Cc1ccccc1. The Balaban J connectivity index is 2.77. The first-order valence-corrected chi connectivity index (χ1v) is 5.03. The van der Waals surface area contributed by atoms with Gasteiger partial charge in [-0.15, -0.1) is 0 Å². The van der Waals surface area contributed by atoms with Crippen LogP contribution in [-0.2, 0) is 16.0 Å². The van der Waals surface area contributed by atoms with Gasteiger partial charge in [0.2, 0.25) is 0 Å². The highest BCUT2D eigenvalue weighted by atomic mass is 16.2. The summed E-state index contributed by atoms with van der Waals surface area (Å²) in [4.78, 5) is 23.1. The molecule has 0 unspecified atom stereocenters. The Morgan fingerprint density at radius 2 is 1.67 bits per heavy atom. The summed E-state index contributed by atoms with van der Waals surface area (Å²) in [7, 11) is 0. The van der Waals surface area contributed by atoms with Gasteiger partial charge >= 0.3 is 0 Å². The van der Waals surface area contributed by atoms with Gasteiger partial charge in [0.1, 0.15) is 11.6 Å². The van der Waals surface area contributed by atoms with E-state index in [0.717, 1.165) is 5.56 Å². The minimum atomic E-state index is -0.865. The zero-order valence-corrected chi connectivity index (χ0v) is 9.41. The average Bonchev–Trinajstić information content (AvgIpc) is 2.18. The van der Waals surface area contributed by atoms with Crippen molar-refractivity contribution in [2.24, 2.45) is 5.41 Å². The van der Waals surface area contributed by atoms with Crippen molar-refractivity contribution >= 4 is 11.6 Å². The number of ketones is 2. The van der Waals surface area contributed by atoms with E-state index < -0.39 is 5.41 Å². The number of rotatable bonds is 4. The van der Waals surface area contributed by atoms with Crippen molar-refractivity contribution in [2.75, 3.05) is 0 Å². The van der Waals surface area contributed by atoms with E-state index >= 15 is 0 Å². The molecule has 0 aliphatic heterocycles. The fourth-order valence-corrected chi connectivity index (χ4v) is 1.20. The van der Waals surface area contributed by atoms with Gasteiger partial charge in [-0.25, -0.2) is 0 Å². The molecule has 0 amide bonds. The summed E-state index contributed by atoms with van der Waals surface area (Å²) in [5.41, 5.74) is 0.0902. The summed E-state index contributed by atoms with van der Waals surface area (Å²) in [6, 6.07) is 9.49. The number of carbonyl (C=O) groups excluding carboxylic acids is 2. The van der Waals surface area contributed by atoms with E-state index in [-0.39, 0.29) is 11.6 Å². The van der Waals surface area contributed by atoms with E-state index in [2.05, 4.69) is 0 Å². The van der Waals surface area contributed by atoms with Gasteiger partial charge in [0.05, 0.1) is 5.41 Å². The van der Waals surface area contributed by atoms with Gasteiger partial charge in [-0.3, -0.25) is 9.59 Å². The van der Waals surface area contributed by atoms with Crippen LogP contribution in [0, 0.1) is 5.41 Å². The minimum absolute atomic E-state index is 0.0267. The van der Waals surface area contributed by atoms with Crippen molar-refractivity contribution < 1.29 is 9.59 Å². The van der Waals surface area contributed by atoms with Crippen molar-refractivity contribution in [2.45, 2.75) is 27.2 Å². The van der Waals surface area contributed by atoms with Gasteiger partial charge in [0.15, 0.2) is 0 Å². The molecule has 1 rings (SSSR count). The lowest BCUT2D eigenvalue weighted by Crippen LogP contribution is -2.32. The van der Waals surface area contributed by atoms with Crippen molar-refractivity contribution in [3.05, 3.63) is 35.9 Å². The molecule has 0 saturated heterocycles. The Morgan fingerprint density at radius 3 is 2.13 bits per heavy atom. The van der Waals surface area contributed by atoms with Crippen LogP contribution in [0.15, 0.2) is 30.3 Å². The largest absolute Gasteiger partial charge is 0.299 e.